The van der Waals surface area contributed by atoms with E-state index in [2.05, 4.69) is 42.9 Å². The number of piperazine rings is 1. The number of likely N-dealkylation sites (tertiary alicyclic amines) is 1. The molecule has 2 aliphatic heterocycles. The average molecular weight is 239 g/mol. The monoisotopic (exact) mass is 239 g/mol. The van der Waals surface area contributed by atoms with Crippen LogP contribution in [0.4, 0.5) is 0 Å². The van der Waals surface area contributed by atoms with Crippen molar-refractivity contribution in [3.8, 4) is 0 Å². The van der Waals surface area contributed by atoms with Crippen molar-refractivity contribution in [2.75, 3.05) is 39.8 Å². The summed E-state index contributed by atoms with van der Waals surface area (Å²) in [6, 6.07) is 0.744. The summed E-state index contributed by atoms with van der Waals surface area (Å²) in [5.74, 6) is 0.892. The molecule has 0 aromatic carbocycles. The topological polar surface area (TPSA) is 18.5 Å². The second-order valence-electron chi connectivity index (χ2n) is 6.67. The summed E-state index contributed by atoms with van der Waals surface area (Å²) in [6.45, 7) is 13.2. The first kappa shape index (κ1) is 13.3. The molecule has 0 saturated carbocycles. The van der Waals surface area contributed by atoms with Crippen LogP contribution in [0.25, 0.3) is 0 Å². The molecule has 3 heteroatoms. The lowest BCUT2D eigenvalue weighted by Gasteiger charge is -2.45. The first-order chi connectivity index (χ1) is 8.00. The fourth-order valence-corrected chi connectivity index (χ4v) is 3.34. The number of rotatable bonds is 3. The van der Waals surface area contributed by atoms with Crippen LogP contribution in [0.1, 0.15) is 33.6 Å². The van der Waals surface area contributed by atoms with Crippen molar-refractivity contribution in [1.29, 1.82) is 0 Å². The summed E-state index contributed by atoms with van der Waals surface area (Å²) >= 11 is 0. The molecule has 0 aromatic heterocycles. The van der Waals surface area contributed by atoms with Crippen molar-refractivity contribution in [3.05, 3.63) is 0 Å². The Bertz CT molecular complexity index is 252. The zero-order chi connectivity index (χ0) is 12.5. The lowest BCUT2D eigenvalue weighted by molar-refractivity contribution is 0.0780. The Labute approximate surface area is 107 Å². The summed E-state index contributed by atoms with van der Waals surface area (Å²) in [4.78, 5) is 5.21. The van der Waals surface area contributed by atoms with E-state index in [1.165, 1.54) is 39.0 Å². The minimum absolute atomic E-state index is 0.288. The maximum Gasteiger partial charge on any atom is 0.0252 e. The van der Waals surface area contributed by atoms with E-state index >= 15 is 0 Å². The molecule has 1 N–H and O–H groups in total. The van der Waals surface area contributed by atoms with Crippen LogP contribution < -0.4 is 5.32 Å². The van der Waals surface area contributed by atoms with Crippen LogP contribution in [0.3, 0.4) is 0 Å². The van der Waals surface area contributed by atoms with E-state index in [9.17, 15) is 0 Å². The second-order valence-corrected chi connectivity index (χ2v) is 6.67. The summed E-state index contributed by atoms with van der Waals surface area (Å²) < 4.78 is 0. The van der Waals surface area contributed by atoms with Crippen LogP contribution >= 0.6 is 0 Å². The van der Waals surface area contributed by atoms with Gasteiger partial charge in [0.1, 0.15) is 0 Å². The minimum atomic E-state index is 0.288. The Kier molecular flexibility index (Phi) is 4.11. The lowest BCUT2D eigenvalue weighted by Crippen LogP contribution is -2.62. The molecule has 2 saturated heterocycles. The summed E-state index contributed by atoms with van der Waals surface area (Å²) in [5, 5.41) is 3.67. The van der Waals surface area contributed by atoms with Crippen LogP contribution in [-0.4, -0.2) is 61.2 Å². The molecule has 0 amide bonds. The number of nitrogens with one attached hydrogen (secondary N) is 1. The third kappa shape index (κ3) is 3.43. The maximum atomic E-state index is 3.67. The van der Waals surface area contributed by atoms with Crippen molar-refractivity contribution in [2.24, 2.45) is 5.92 Å². The number of hydrogen-bond acceptors (Lipinski definition) is 3. The van der Waals surface area contributed by atoms with Gasteiger partial charge < -0.3 is 10.2 Å². The van der Waals surface area contributed by atoms with Crippen LogP contribution in [-0.2, 0) is 0 Å². The van der Waals surface area contributed by atoms with E-state index in [1.54, 1.807) is 0 Å². The van der Waals surface area contributed by atoms with Gasteiger partial charge in [0.15, 0.2) is 0 Å². The lowest BCUT2D eigenvalue weighted by atomic mass is 9.96. The molecule has 100 valence electrons. The second kappa shape index (κ2) is 5.25. The summed E-state index contributed by atoms with van der Waals surface area (Å²) in [6.07, 6.45) is 2.66. The molecule has 2 heterocycles. The van der Waals surface area contributed by atoms with Gasteiger partial charge in [0.05, 0.1) is 0 Å². The molecule has 0 spiro atoms. The third-order valence-corrected chi connectivity index (χ3v) is 4.38. The van der Waals surface area contributed by atoms with E-state index in [1.807, 2.05) is 0 Å². The molecule has 0 aliphatic carbocycles. The predicted molar refractivity (Wildman–Crippen MR) is 73.3 cm³/mol. The Morgan fingerprint density at radius 3 is 2.71 bits per heavy atom. The Hall–Kier alpha value is -0.120. The van der Waals surface area contributed by atoms with E-state index in [4.69, 9.17) is 0 Å². The van der Waals surface area contributed by atoms with Gasteiger partial charge in [0.25, 0.3) is 0 Å². The normalized spacial score (nSPS) is 35.3. The van der Waals surface area contributed by atoms with Crippen molar-refractivity contribution >= 4 is 0 Å². The highest BCUT2D eigenvalue weighted by Crippen LogP contribution is 2.22. The van der Waals surface area contributed by atoms with E-state index in [0.29, 0.717) is 0 Å². The van der Waals surface area contributed by atoms with Gasteiger partial charge >= 0.3 is 0 Å². The highest BCUT2D eigenvalue weighted by atomic mass is 15.3. The third-order valence-electron chi connectivity index (χ3n) is 4.38. The largest absolute Gasteiger partial charge is 0.309 e. The smallest absolute Gasteiger partial charge is 0.0252 e. The highest BCUT2D eigenvalue weighted by Gasteiger charge is 2.33. The quantitative estimate of drug-likeness (QED) is 0.803. The zero-order valence-corrected chi connectivity index (χ0v) is 12.0. The number of hydrogen-bond donors (Lipinski definition) is 1. The van der Waals surface area contributed by atoms with Gasteiger partial charge in [-0.2, -0.15) is 0 Å². The molecule has 0 aromatic rings. The predicted octanol–water partition coefficient (Wildman–Crippen LogP) is 1.40. The van der Waals surface area contributed by atoms with Gasteiger partial charge in [-0.25, -0.2) is 0 Å². The molecule has 0 radical (unpaired) electrons. The first-order valence-corrected chi connectivity index (χ1v) is 7.18. The molecule has 2 aliphatic rings. The fraction of sp³-hybridized carbons (Fsp3) is 1.00. The molecule has 2 atom stereocenters. The Morgan fingerprint density at radius 1 is 1.35 bits per heavy atom. The van der Waals surface area contributed by atoms with Gasteiger partial charge in [0, 0.05) is 37.8 Å². The molecule has 2 unspecified atom stereocenters. The van der Waals surface area contributed by atoms with Crippen molar-refractivity contribution < 1.29 is 0 Å². The fourth-order valence-electron chi connectivity index (χ4n) is 3.34. The van der Waals surface area contributed by atoms with Crippen molar-refractivity contribution in [3.63, 3.8) is 0 Å². The van der Waals surface area contributed by atoms with Gasteiger partial charge in [-0.05, 0) is 46.2 Å². The Morgan fingerprint density at radius 2 is 2.12 bits per heavy atom. The maximum absolute atomic E-state index is 3.67. The van der Waals surface area contributed by atoms with Crippen molar-refractivity contribution in [2.45, 2.75) is 45.2 Å². The Balaban J connectivity index is 1.91. The molecular weight excluding hydrogens is 210 g/mol. The van der Waals surface area contributed by atoms with E-state index in [-0.39, 0.29) is 5.54 Å². The molecule has 2 rings (SSSR count). The van der Waals surface area contributed by atoms with E-state index in [0.717, 1.165) is 18.5 Å². The van der Waals surface area contributed by atoms with Gasteiger partial charge in [0.2, 0.25) is 0 Å². The highest BCUT2D eigenvalue weighted by molar-refractivity contribution is 4.93. The SMILES string of the molecule is CCC1CNC(C)(C)CN1CC1CCN(C)C1. The molecule has 0 bridgehead atoms. The molecule has 17 heavy (non-hydrogen) atoms. The summed E-state index contributed by atoms with van der Waals surface area (Å²) in [7, 11) is 2.25. The van der Waals surface area contributed by atoms with Gasteiger partial charge in [-0.3, -0.25) is 4.90 Å². The van der Waals surface area contributed by atoms with Crippen molar-refractivity contribution in [1.82, 2.24) is 15.1 Å². The van der Waals surface area contributed by atoms with Crippen LogP contribution in [0.5, 0.6) is 0 Å². The molecule has 2 fully saturated rings. The first-order valence-electron chi connectivity index (χ1n) is 7.18. The molecular formula is C14H29N3. The minimum Gasteiger partial charge on any atom is -0.309 e. The standard InChI is InChI=1S/C14H29N3/c1-5-13-8-15-14(2,3)11-17(13)10-12-6-7-16(4)9-12/h12-13,15H,5-11H2,1-4H3. The van der Waals surface area contributed by atoms with Crippen LogP contribution in [0, 0.1) is 5.92 Å². The van der Waals surface area contributed by atoms with Crippen LogP contribution in [0.2, 0.25) is 0 Å². The zero-order valence-electron chi connectivity index (χ0n) is 12.0. The average Bonchev–Trinajstić information content (AvgIpc) is 2.63. The van der Waals surface area contributed by atoms with Gasteiger partial charge in [-0.1, -0.05) is 6.92 Å². The number of nitrogens with zero attached hydrogens (tertiary/aromatic N) is 2. The van der Waals surface area contributed by atoms with Crippen LogP contribution in [0.15, 0.2) is 0 Å². The summed E-state index contributed by atoms with van der Waals surface area (Å²) in [5.41, 5.74) is 0.288. The van der Waals surface area contributed by atoms with E-state index < -0.39 is 0 Å². The van der Waals surface area contributed by atoms with Gasteiger partial charge in [-0.15, -0.1) is 0 Å². The molecule has 3 nitrogen and oxygen atoms in total.